The molecule has 1 atom stereocenters. The van der Waals surface area contributed by atoms with Crippen molar-refractivity contribution < 1.29 is 18.3 Å². The second-order valence-corrected chi connectivity index (χ2v) is 12.2. The molecule has 1 unspecified atom stereocenters. The van der Waals surface area contributed by atoms with Gasteiger partial charge in [-0.2, -0.15) is 0 Å². The maximum Gasteiger partial charge on any atom is 0.206 e. The van der Waals surface area contributed by atoms with Crippen LogP contribution < -0.4 is 10.1 Å². The van der Waals surface area contributed by atoms with Crippen molar-refractivity contribution in [1.82, 2.24) is 0 Å². The minimum atomic E-state index is -3.66. The van der Waals surface area contributed by atoms with Crippen molar-refractivity contribution in [3.8, 4) is 11.5 Å². The third-order valence-electron chi connectivity index (χ3n) is 6.99. The fraction of sp³-hybridized carbons (Fsp3) is 0.455. The van der Waals surface area contributed by atoms with E-state index in [1.54, 1.807) is 24.3 Å². The molecule has 0 bridgehead atoms. The van der Waals surface area contributed by atoms with Crippen LogP contribution in [0.5, 0.6) is 11.5 Å². The Kier molecular flexibility index (Phi) is 12.7. The standard InChI is InChI=1S/C33H45NO4S/c1-3-5-6-7-8-9-10-11-13-31(26-34-28-16-14-27(12-4-2)15-17-28)38-30-20-24-33(25-21-30)39(36,37)32-22-18-29(35)19-23-32/h14-25,31,34-35H,3-13,26H2,1-2H3. The highest BCUT2D eigenvalue weighted by Gasteiger charge is 2.18. The number of nitrogens with one attached hydrogen (secondary N) is 1. The number of unbranched alkanes of at least 4 members (excludes halogenated alkanes) is 7. The van der Waals surface area contributed by atoms with Gasteiger partial charge in [-0.1, -0.05) is 77.3 Å². The molecule has 0 aliphatic rings. The van der Waals surface area contributed by atoms with Crippen LogP contribution in [0.25, 0.3) is 0 Å². The van der Waals surface area contributed by atoms with Crippen molar-refractivity contribution >= 4 is 15.5 Å². The molecule has 0 saturated heterocycles. The summed E-state index contributed by atoms with van der Waals surface area (Å²) in [5, 5.41) is 13.0. The van der Waals surface area contributed by atoms with E-state index in [0.717, 1.165) is 31.4 Å². The second-order valence-electron chi connectivity index (χ2n) is 10.3. The van der Waals surface area contributed by atoms with E-state index >= 15 is 0 Å². The maximum atomic E-state index is 13.0. The zero-order chi connectivity index (χ0) is 27.9. The summed E-state index contributed by atoms with van der Waals surface area (Å²) in [6.07, 6.45) is 13.2. The number of hydrogen-bond acceptors (Lipinski definition) is 5. The van der Waals surface area contributed by atoms with Crippen molar-refractivity contribution in [2.75, 3.05) is 11.9 Å². The molecule has 0 spiro atoms. The number of phenolic OH excluding ortho intramolecular Hbond substituents is 1. The van der Waals surface area contributed by atoms with Gasteiger partial charge in [0.25, 0.3) is 0 Å². The largest absolute Gasteiger partial charge is 0.508 e. The van der Waals surface area contributed by atoms with Crippen molar-refractivity contribution in [2.45, 2.75) is 100 Å². The Bertz CT molecular complexity index is 1190. The summed E-state index contributed by atoms with van der Waals surface area (Å²) in [6.45, 7) is 5.11. The van der Waals surface area contributed by atoms with E-state index in [1.165, 1.54) is 74.8 Å². The molecule has 6 heteroatoms. The zero-order valence-electron chi connectivity index (χ0n) is 23.6. The fourth-order valence-corrected chi connectivity index (χ4v) is 5.93. The van der Waals surface area contributed by atoms with Crippen LogP contribution in [-0.4, -0.2) is 26.2 Å². The van der Waals surface area contributed by atoms with Gasteiger partial charge in [0, 0.05) is 5.69 Å². The van der Waals surface area contributed by atoms with Gasteiger partial charge >= 0.3 is 0 Å². The van der Waals surface area contributed by atoms with Gasteiger partial charge in [-0.05, 0) is 85.5 Å². The highest BCUT2D eigenvalue weighted by molar-refractivity contribution is 7.91. The van der Waals surface area contributed by atoms with Crippen LogP contribution in [-0.2, 0) is 16.3 Å². The van der Waals surface area contributed by atoms with Crippen molar-refractivity contribution in [2.24, 2.45) is 0 Å². The van der Waals surface area contributed by atoms with E-state index in [0.29, 0.717) is 12.3 Å². The Labute approximate surface area is 235 Å². The number of benzene rings is 3. The minimum absolute atomic E-state index is 0.0278. The highest BCUT2D eigenvalue weighted by Crippen LogP contribution is 2.25. The molecule has 2 N–H and O–H groups in total. The number of phenols is 1. The van der Waals surface area contributed by atoms with Gasteiger partial charge in [-0.15, -0.1) is 0 Å². The monoisotopic (exact) mass is 551 g/mol. The van der Waals surface area contributed by atoms with E-state index in [2.05, 4.69) is 43.4 Å². The number of hydrogen-bond donors (Lipinski definition) is 2. The summed E-state index contributed by atoms with van der Waals surface area (Å²) in [5.41, 5.74) is 2.42. The third-order valence-corrected chi connectivity index (χ3v) is 8.78. The van der Waals surface area contributed by atoms with Gasteiger partial charge in [0.1, 0.15) is 17.6 Å². The maximum absolute atomic E-state index is 13.0. The Balaban J connectivity index is 1.60. The van der Waals surface area contributed by atoms with E-state index in [1.807, 2.05) is 0 Å². The Morgan fingerprint density at radius 2 is 1.28 bits per heavy atom. The van der Waals surface area contributed by atoms with Crippen molar-refractivity contribution in [3.05, 3.63) is 78.4 Å². The average Bonchev–Trinajstić information content (AvgIpc) is 2.94. The fourth-order valence-electron chi connectivity index (χ4n) is 4.67. The van der Waals surface area contributed by atoms with E-state index in [-0.39, 0.29) is 21.6 Å². The summed E-state index contributed by atoms with van der Waals surface area (Å²) >= 11 is 0. The first-order valence-electron chi connectivity index (χ1n) is 14.6. The first kappa shape index (κ1) is 30.6. The normalized spacial score (nSPS) is 12.3. The molecule has 0 heterocycles. The highest BCUT2D eigenvalue weighted by atomic mass is 32.2. The Morgan fingerprint density at radius 1 is 0.718 bits per heavy atom. The number of anilines is 1. The lowest BCUT2D eigenvalue weighted by molar-refractivity contribution is 0.199. The molecule has 39 heavy (non-hydrogen) atoms. The molecule has 0 amide bonds. The summed E-state index contributed by atoms with van der Waals surface area (Å²) < 4.78 is 32.3. The average molecular weight is 552 g/mol. The Hall–Kier alpha value is -2.99. The number of rotatable bonds is 18. The molecular formula is C33H45NO4S. The number of aromatic hydroxyl groups is 1. The molecule has 0 aliphatic carbocycles. The molecule has 0 aliphatic heterocycles. The molecule has 3 aromatic carbocycles. The van der Waals surface area contributed by atoms with Crippen molar-refractivity contribution in [1.29, 1.82) is 0 Å². The van der Waals surface area contributed by atoms with Crippen molar-refractivity contribution in [3.63, 3.8) is 0 Å². The molecule has 0 saturated carbocycles. The SMILES string of the molecule is CCCCCCCCCCC(CNc1ccc(CCC)cc1)Oc1ccc(S(=O)(=O)c2ccc(O)cc2)cc1. The molecular weight excluding hydrogens is 506 g/mol. The van der Waals surface area contributed by atoms with Crippen LogP contribution in [0.1, 0.15) is 83.6 Å². The van der Waals surface area contributed by atoms with Crippen LogP contribution >= 0.6 is 0 Å². The van der Waals surface area contributed by atoms with Crippen LogP contribution in [0.2, 0.25) is 0 Å². The zero-order valence-corrected chi connectivity index (χ0v) is 24.4. The molecule has 0 aromatic heterocycles. The van der Waals surface area contributed by atoms with Crippen LogP contribution in [0.15, 0.2) is 82.6 Å². The van der Waals surface area contributed by atoms with Crippen LogP contribution in [0, 0.1) is 0 Å². The smallest absolute Gasteiger partial charge is 0.206 e. The third kappa shape index (κ3) is 10.2. The quantitative estimate of drug-likeness (QED) is 0.155. The lowest BCUT2D eigenvalue weighted by Gasteiger charge is -2.21. The van der Waals surface area contributed by atoms with Crippen LogP contribution in [0.4, 0.5) is 5.69 Å². The summed E-state index contributed by atoms with van der Waals surface area (Å²) in [7, 11) is -3.66. The summed E-state index contributed by atoms with van der Waals surface area (Å²) in [4.78, 5) is 0.348. The topological polar surface area (TPSA) is 75.6 Å². The molecule has 0 fully saturated rings. The van der Waals surface area contributed by atoms with Gasteiger partial charge in [0.05, 0.1) is 16.3 Å². The molecule has 3 aromatic rings. The van der Waals surface area contributed by atoms with E-state index in [4.69, 9.17) is 4.74 Å². The van der Waals surface area contributed by atoms with Gasteiger partial charge in [-0.25, -0.2) is 8.42 Å². The summed E-state index contributed by atoms with van der Waals surface area (Å²) in [6, 6.07) is 20.8. The van der Waals surface area contributed by atoms with E-state index < -0.39 is 9.84 Å². The molecule has 5 nitrogen and oxygen atoms in total. The lowest BCUT2D eigenvalue weighted by atomic mass is 10.1. The predicted octanol–water partition coefficient (Wildman–Crippen LogP) is 8.57. The lowest BCUT2D eigenvalue weighted by Crippen LogP contribution is -2.26. The predicted molar refractivity (Wildman–Crippen MR) is 161 cm³/mol. The van der Waals surface area contributed by atoms with Gasteiger partial charge < -0.3 is 15.2 Å². The number of sulfone groups is 1. The van der Waals surface area contributed by atoms with Crippen LogP contribution in [0.3, 0.4) is 0 Å². The molecule has 3 rings (SSSR count). The first-order valence-corrected chi connectivity index (χ1v) is 16.0. The Morgan fingerprint density at radius 3 is 1.87 bits per heavy atom. The van der Waals surface area contributed by atoms with Gasteiger partial charge in [0.15, 0.2) is 0 Å². The first-order chi connectivity index (χ1) is 18.9. The van der Waals surface area contributed by atoms with Gasteiger partial charge in [0.2, 0.25) is 9.84 Å². The second kappa shape index (κ2) is 16.2. The molecule has 0 radical (unpaired) electrons. The number of aryl methyl sites for hydroxylation is 1. The summed E-state index contributed by atoms with van der Waals surface area (Å²) in [5.74, 6) is 0.690. The number of ether oxygens (including phenoxy) is 1. The van der Waals surface area contributed by atoms with Gasteiger partial charge in [-0.3, -0.25) is 0 Å². The minimum Gasteiger partial charge on any atom is -0.508 e. The van der Waals surface area contributed by atoms with E-state index in [9.17, 15) is 13.5 Å². The molecule has 212 valence electrons.